The second kappa shape index (κ2) is 5.12. The minimum atomic E-state index is -0.125. The Hall–Kier alpha value is -0.930. The maximum absolute atomic E-state index is 13.5. The zero-order valence-electron chi connectivity index (χ0n) is 12.7. The Labute approximate surface area is 121 Å². The Balaban J connectivity index is 1.90. The van der Waals surface area contributed by atoms with Crippen molar-refractivity contribution in [1.29, 1.82) is 0 Å². The Bertz CT molecular complexity index is 486. The van der Waals surface area contributed by atoms with Crippen LogP contribution in [0.2, 0.25) is 0 Å². The predicted molar refractivity (Wildman–Crippen MR) is 80.1 cm³/mol. The number of rotatable bonds is 3. The van der Waals surface area contributed by atoms with E-state index in [0.29, 0.717) is 12.0 Å². The molecule has 1 aromatic carbocycles. The number of likely N-dealkylation sites (tertiary alicyclic amines) is 1. The normalized spacial score (nSPS) is 30.4. The third-order valence-electron chi connectivity index (χ3n) is 5.42. The van der Waals surface area contributed by atoms with E-state index in [9.17, 15) is 4.39 Å². The number of nitrogens with one attached hydrogen (secondary N) is 1. The van der Waals surface area contributed by atoms with Crippen LogP contribution in [0.15, 0.2) is 24.3 Å². The Morgan fingerprint density at radius 2 is 2.20 bits per heavy atom. The minimum Gasteiger partial charge on any atom is -0.316 e. The summed E-state index contributed by atoms with van der Waals surface area (Å²) in [6.45, 7) is 10.3. The standard InChI is InChI=1S/C17H25FN2/c1-4-16(12-6-5-7-14(18)8-12)20-11-13-9-19-10-15(13)17(20,2)3/h5-8,13,15-16,19H,4,9-11H2,1-3H3. The first-order chi connectivity index (χ1) is 9.54. The highest BCUT2D eigenvalue weighted by Gasteiger charge is 2.51. The molecule has 2 heterocycles. The van der Waals surface area contributed by atoms with Crippen molar-refractivity contribution in [3.63, 3.8) is 0 Å². The molecule has 0 aliphatic carbocycles. The lowest BCUT2D eigenvalue weighted by molar-refractivity contribution is 0.0857. The molecular formula is C17H25FN2. The van der Waals surface area contributed by atoms with Crippen molar-refractivity contribution >= 4 is 0 Å². The first-order valence-electron chi connectivity index (χ1n) is 7.77. The van der Waals surface area contributed by atoms with E-state index in [4.69, 9.17) is 0 Å². The van der Waals surface area contributed by atoms with E-state index in [1.807, 2.05) is 6.07 Å². The molecule has 0 radical (unpaired) electrons. The number of benzene rings is 1. The maximum Gasteiger partial charge on any atom is 0.123 e. The van der Waals surface area contributed by atoms with E-state index in [1.165, 1.54) is 6.07 Å². The molecule has 110 valence electrons. The number of halogens is 1. The lowest BCUT2D eigenvalue weighted by Gasteiger charge is -2.41. The molecular weight excluding hydrogens is 251 g/mol. The highest BCUT2D eigenvalue weighted by atomic mass is 19.1. The van der Waals surface area contributed by atoms with Gasteiger partial charge in [0.15, 0.2) is 0 Å². The van der Waals surface area contributed by atoms with Crippen LogP contribution < -0.4 is 5.32 Å². The number of hydrogen-bond donors (Lipinski definition) is 1. The quantitative estimate of drug-likeness (QED) is 0.912. The summed E-state index contributed by atoms with van der Waals surface area (Å²) in [7, 11) is 0. The predicted octanol–water partition coefficient (Wildman–Crippen LogP) is 3.21. The van der Waals surface area contributed by atoms with Crippen LogP contribution in [0.3, 0.4) is 0 Å². The summed E-state index contributed by atoms with van der Waals surface area (Å²) in [4.78, 5) is 2.61. The molecule has 2 nitrogen and oxygen atoms in total. The van der Waals surface area contributed by atoms with E-state index in [1.54, 1.807) is 6.07 Å². The zero-order chi connectivity index (χ0) is 14.3. The summed E-state index contributed by atoms with van der Waals surface area (Å²) >= 11 is 0. The van der Waals surface area contributed by atoms with Gasteiger partial charge in [-0.15, -0.1) is 0 Å². The molecule has 0 amide bonds. The summed E-state index contributed by atoms with van der Waals surface area (Å²) in [5.74, 6) is 1.33. The Morgan fingerprint density at radius 1 is 1.40 bits per heavy atom. The zero-order valence-corrected chi connectivity index (χ0v) is 12.7. The average Bonchev–Trinajstić information content (AvgIpc) is 2.95. The van der Waals surface area contributed by atoms with Crippen molar-refractivity contribution in [2.75, 3.05) is 19.6 Å². The van der Waals surface area contributed by atoms with Crippen LogP contribution in [-0.4, -0.2) is 30.1 Å². The van der Waals surface area contributed by atoms with Crippen LogP contribution in [0.5, 0.6) is 0 Å². The second-order valence-corrected chi connectivity index (χ2v) is 6.81. The van der Waals surface area contributed by atoms with Crippen LogP contribution in [-0.2, 0) is 0 Å². The first kappa shape index (κ1) is 14.0. The Morgan fingerprint density at radius 3 is 2.85 bits per heavy atom. The average molecular weight is 276 g/mol. The van der Waals surface area contributed by atoms with Crippen molar-refractivity contribution in [1.82, 2.24) is 10.2 Å². The van der Waals surface area contributed by atoms with E-state index < -0.39 is 0 Å². The van der Waals surface area contributed by atoms with Gasteiger partial charge in [0.05, 0.1) is 0 Å². The molecule has 0 saturated carbocycles. The number of fused-ring (bicyclic) bond motifs is 1. The van der Waals surface area contributed by atoms with Gasteiger partial charge in [-0.25, -0.2) is 4.39 Å². The SMILES string of the molecule is CCC(c1cccc(F)c1)N1CC2CNCC2C1(C)C. The number of nitrogens with zero attached hydrogens (tertiary/aromatic N) is 1. The van der Waals surface area contributed by atoms with Gasteiger partial charge in [-0.05, 0) is 56.3 Å². The van der Waals surface area contributed by atoms with Gasteiger partial charge < -0.3 is 5.32 Å². The van der Waals surface area contributed by atoms with Crippen LogP contribution in [0.25, 0.3) is 0 Å². The van der Waals surface area contributed by atoms with Crippen LogP contribution >= 0.6 is 0 Å². The number of hydrogen-bond acceptors (Lipinski definition) is 2. The van der Waals surface area contributed by atoms with Gasteiger partial charge in [-0.2, -0.15) is 0 Å². The lowest BCUT2D eigenvalue weighted by atomic mass is 9.84. The van der Waals surface area contributed by atoms with Crippen LogP contribution in [0.1, 0.15) is 38.8 Å². The van der Waals surface area contributed by atoms with Crippen molar-refractivity contribution in [3.05, 3.63) is 35.6 Å². The molecule has 2 fully saturated rings. The highest BCUT2D eigenvalue weighted by molar-refractivity contribution is 5.22. The molecule has 3 unspecified atom stereocenters. The molecule has 3 atom stereocenters. The van der Waals surface area contributed by atoms with E-state index in [0.717, 1.165) is 37.5 Å². The van der Waals surface area contributed by atoms with Crippen LogP contribution in [0, 0.1) is 17.7 Å². The summed E-state index contributed by atoms with van der Waals surface area (Å²) in [6.07, 6.45) is 1.03. The molecule has 3 heteroatoms. The van der Waals surface area contributed by atoms with Gasteiger partial charge in [-0.3, -0.25) is 4.90 Å². The molecule has 2 aliphatic heterocycles. The Kier molecular flexibility index (Phi) is 3.59. The van der Waals surface area contributed by atoms with Crippen molar-refractivity contribution in [2.24, 2.45) is 11.8 Å². The lowest BCUT2D eigenvalue weighted by Crippen LogP contribution is -2.46. The van der Waals surface area contributed by atoms with E-state index in [-0.39, 0.29) is 11.4 Å². The fourth-order valence-corrected chi connectivity index (χ4v) is 4.33. The summed E-state index contributed by atoms with van der Waals surface area (Å²) in [5, 5.41) is 3.52. The molecule has 2 saturated heterocycles. The fourth-order valence-electron chi connectivity index (χ4n) is 4.33. The molecule has 1 N–H and O–H groups in total. The molecule has 0 aromatic heterocycles. The van der Waals surface area contributed by atoms with Crippen LogP contribution in [0.4, 0.5) is 4.39 Å². The van der Waals surface area contributed by atoms with Gasteiger partial charge in [0.25, 0.3) is 0 Å². The molecule has 20 heavy (non-hydrogen) atoms. The first-order valence-corrected chi connectivity index (χ1v) is 7.77. The third-order valence-corrected chi connectivity index (χ3v) is 5.42. The molecule has 3 rings (SSSR count). The van der Waals surface area contributed by atoms with E-state index >= 15 is 0 Å². The third kappa shape index (κ3) is 2.17. The molecule has 2 aliphatic rings. The van der Waals surface area contributed by atoms with Gasteiger partial charge in [0, 0.05) is 24.7 Å². The smallest absolute Gasteiger partial charge is 0.123 e. The molecule has 0 spiro atoms. The molecule has 1 aromatic rings. The van der Waals surface area contributed by atoms with Gasteiger partial charge in [0.1, 0.15) is 5.82 Å². The second-order valence-electron chi connectivity index (χ2n) is 6.81. The fraction of sp³-hybridized carbons (Fsp3) is 0.647. The van der Waals surface area contributed by atoms with E-state index in [2.05, 4.69) is 37.1 Å². The van der Waals surface area contributed by atoms with Gasteiger partial charge in [-0.1, -0.05) is 19.1 Å². The summed E-state index contributed by atoms with van der Waals surface area (Å²) in [5.41, 5.74) is 1.30. The summed E-state index contributed by atoms with van der Waals surface area (Å²) < 4.78 is 13.5. The van der Waals surface area contributed by atoms with Crippen molar-refractivity contribution in [2.45, 2.75) is 38.8 Å². The van der Waals surface area contributed by atoms with Crippen molar-refractivity contribution in [3.8, 4) is 0 Å². The summed E-state index contributed by atoms with van der Waals surface area (Å²) in [6, 6.07) is 7.46. The topological polar surface area (TPSA) is 15.3 Å². The maximum atomic E-state index is 13.5. The molecule has 0 bridgehead atoms. The van der Waals surface area contributed by atoms with Crippen molar-refractivity contribution < 1.29 is 4.39 Å². The largest absolute Gasteiger partial charge is 0.316 e. The van der Waals surface area contributed by atoms with Gasteiger partial charge >= 0.3 is 0 Å². The highest BCUT2D eigenvalue weighted by Crippen LogP contribution is 2.45. The monoisotopic (exact) mass is 276 g/mol. The van der Waals surface area contributed by atoms with Gasteiger partial charge in [0.2, 0.25) is 0 Å². The minimum absolute atomic E-state index is 0.125.